The second-order valence-electron chi connectivity index (χ2n) is 5.85. The van der Waals surface area contributed by atoms with Gasteiger partial charge in [-0.3, -0.25) is 0 Å². The lowest BCUT2D eigenvalue weighted by molar-refractivity contribution is -0.0922. The summed E-state index contributed by atoms with van der Waals surface area (Å²) in [6, 6.07) is 0. The molecular formula is C13H26O3. The van der Waals surface area contributed by atoms with Crippen molar-refractivity contribution >= 4 is 0 Å². The van der Waals surface area contributed by atoms with Gasteiger partial charge in [0.05, 0.1) is 25.4 Å². The van der Waals surface area contributed by atoms with Crippen molar-refractivity contribution in [2.24, 2.45) is 11.3 Å². The summed E-state index contributed by atoms with van der Waals surface area (Å²) in [6.07, 6.45) is 2.63. The summed E-state index contributed by atoms with van der Waals surface area (Å²) < 4.78 is 10.6. The molecule has 0 radical (unpaired) electrons. The average molecular weight is 230 g/mol. The summed E-state index contributed by atoms with van der Waals surface area (Å²) in [5.41, 5.74) is 0.309. The number of aliphatic hydroxyl groups is 1. The SMILES string of the molecule is COCCOC1CC(C(C)(C)C)CCC1O. The summed E-state index contributed by atoms with van der Waals surface area (Å²) in [6.45, 7) is 7.98. The standard InChI is InChI=1S/C13H26O3/c1-13(2,3)10-5-6-11(14)12(9-10)16-8-7-15-4/h10-12,14H,5-9H2,1-4H3. The van der Waals surface area contributed by atoms with E-state index in [9.17, 15) is 5.11 Å². The zero-order valence-corrected chi connectivity index (χ0v) is 11.0. The van der Waals surface area contributed by atoms with E-state index < -0.39 is 0 Å². The van der Waals surface area contributed by atoms with Crippen LogP contribution in [0, 0.1) is 11.3 Å². The van der Waals surface area contributed by atoms with Gasteiger partial charge in [0, 0.05) is 7.11 Å². The molecule has 0 bridgehead atoms. The number of ether oxygens (including phenoxy) is 2. The molecule has 0 saturated heterocycles. The average Bonchev–Trinajstić information content (AvgIpc) is 2.19. The molecule has 0 amide bonds. The minimum Gasteiger partial charge on any atom is -0.390 e. The molecule has 3 heteroatoms. The first-order chi connectivity index (χ1) is 7.45. The molecule has 0 aromatic carbocycles. The van der Waals surface area contributed by atoms with Crippen LogP contribution >= 0.6 is 0 Å². The van der Waals surface area contributed by atoms with Crippen LogP contribution in [0.1, 0.15) is 40.0 Å². The van der Waals surface area contributed by atoms with Gasteiger partial charge in [-0.2, -0.15) is 0 Å². The van der Waals surface area contributed by atoms with E-state index in [1.807, 2.05) is 0 Å². The molecule has 1 fully saturated rings. The molecule has 1 saturated carbocycles. The highest BCUT2D eigenvalue weighted by molar-refractivity contribution is 4.86. The van der Waals surface area contributed by atoms with Gasteiger partial charge in [0.25, 0.3) is 0 Å². The van der Waals surface area contributed by atoms with Gasteiger partial charge in [0.2, 0.25) is 0 Å². The van der Waals surface area contributed by atoms with Gasteiger partial charge < -0.3 is 14.6 Å². The van der Waals surface area contributed by atoms with Crippen LogP contribution in [0.4, 0.5) is 0 Å². The molecule has 1 aliphatic rings. The second-order valence-corrected chi connectivity index (χ2v) is 5.85. The van der Waals surface area contributed by atoms with Crippen molar-refractivity contribution in [1.29, 1.82) is 0 Å². The molecule has 0 aliphatic heterocycles. The van der Waals surface area contributed by atoms with Crippen molar-refractivity contribution in [3.05, 3.63) is 0 Å². The normalized spacial score (nSPS) is 31.7. The Kier molecular flexibility index (Phi) is 5.22. The van der Waals surface area contributed by atoms with E-state index in [2.05, 4.69) is 20.8 Å². The summed E-state index contributed by atoms with van der Waals surface area (Å²) in [4.78, 5) is 0. The lowest BCUT2D eigenvalue weighted by atomic mass is 9.71. The fourth-order valence-corrected chi connectivity index (χ4v) is 2.36. The largest absolute Gasteiger partial charge is 0.390 e. The van der Waals surface area contributed by atoms with Crippen LogP contribution in [0.5, 0.6) is 0 Å². The van der Waals surface area contributed by atoms with E-state index in [4.69, 9.17) is 9.47 Å². The number of hydrogen-bond acceptors (Lipinski definition) is 3. The van der Waals surface area contributed by atoms with E-state index in [1.165, 1.54) is 0 Å². The van der Waals surface area contributed by atoms with E-state index in [0.717, 1.165) is 19.3 Å². The molecule has 3 atom stereocenters. The smallest absolute Gasteiger partial charge is 0.0837 e. The van der Waals surface area contributed by atoms with E-state index in [1.54, 1.807) is 7.11 Å². The van der Waals surface area contributed by atoms with Crippen LogP contribution in [0.25, 0.3) is 0 Å². The molecule has 0 spiro atoms. The first-order valence-corrected chi connectivity index (χ1v) is 6.23. The Morgan fingerprint density at radius 1 is 1.19 bits per heavy atom. The predicted octanol–water partition coefficient (Wildman–Crippen LogP) is 2.23. The number of hydrogen-bond donors (Lipinski definition) is 1. The summed E-state index contributed by atoms with van der Waals surface area (Å²) >= 11 is 0. The third-order valence-corrected chi connectivity index (χ3v) is 3.60. The summed E-state index contributed by atoms with van der Waals surface area (Å²) in [5.74, 6) is 0.642. The fourth-order valence-electron chi connectivity index (χ4n) is 2.36. The zero-order chi connectivity index (χ0) is 12.2. The van der Waals surface area contributed by atoms with E-state index in [-0.39, 0.29) is 12.2 Å². The lowest BCUT2D eigenvalue weighted by Crippen LogP contribution is -2.40. The summed E-state index contributed by atoms with van der Waals surface area (Å²) in [7, 11) is 1.67. The van der Waals surface area contributed by atoms with Crippen LogP contribution in [-0.4, -0.2) is 37.6 Å². The second kappa shape index (κ2) is 5.99. The Bertz CT molecular complexity index is 198. The van der Waals surface area contributed by atoms with Crippen LogP contribution in [0.15, 0.2) is 0 Å². The predicted molar refractivity (Wildman–Crippen MR) is 64.4 cm³/mol. The molecule has 1 rings (SSSR count). The minimum atomic E-state index is -0.296. The van der Waals surface area contributed by atoms with Crippen molar-refractivity contribution < 1.29 is 14.6 Å². The van der Waals surface area contributed by atoms with Crippen LogP contribution in [0.3, 0.4) is 0 Å². The van der Waals surface area contributed by atoms with Gasteiger partial charge in [0.15, 0.2) is 0 Å². The third kappa shape index (κ3) is 4.04. The molecule has 3 nitrogen and oxygen atoms in total. The number of methoxy groups -OCH3 is 1. The highest BCUT2D eigenvalue weighted by Gasteiger charge is 2.35. The van der Waals surface area contributed by atoms with E-state index in [0.29, 0.717) is 24.5 Å². The van der Waals surface area contributed by atoms with Gasteiger partial charge in [-0.05, 0) is 30.6 Å². The number of rotatable bonds is 4. The maximum atomic E-state index is 9.89. The molecule has 16 heavy (non-hydrogen) atoms. The molecule has 96 valence electrons. The molecule has 1 N–H and O–H groups in total. The maximum absolute atomic E-state index is 9.89. The Balaban J connectivity index is 2.42. The zero-order valence-electron chi connectivity index (χ0n) is 11.0. The third-order valence-electron chi connectivity index (χ3n) is 3.60. The topological polar surface area (TPSA) is 38.7 Å². The highest BCUT2D eigenvalue weighted by atomic mass is 16.5. The Morgan fingerprint density at radius 3 is 2.44 bits per heavy atom. The van der Waals surface area contributed by atoms with Crippen LogP contribution < -0.4 is 0 Å². The quantitative estimate of drug-likeness (QED) is 0.753. The van der Waals surface area contributed by atoms with Crippen molar-refractivity contribution in [1.82, 2.24) is 0 Å². The molecule has 3 unspecified atom stereocenters. The maximum Gasteiger partial charge on any atom is 0.0837 e. The van der Waals surface area contributed by atoms with Crippen LogP contribution in [-0.2, 0) is 9.47 Å². The molecule has 1 aliphatic carbocycles. The Hall–Kier alpha value is -0.120. The van der Waals surface area contributed by atoms with Gasteiger partial charge in [-0.15, -0.1) is 0 Å². The monoisotopic (exact) mass is 230 g/mol. The fraction of sp³-hybridized carbons (Fsp3) is 1.00. The van der Waals surface area contributed by atoms with Gasteiger partial charge >= 0.3 is 0 Å². The van der Waals surface area contributed by atoms with Gasteiger partial charge in [-0.1, -0.05) is 20.8 Å². The highest BCUT2D eigenvalue weighted by Crippen LogP contribution is 2.38. The Morgan fingerprint density at radius 2 is 1.88 bits per heavy atom. The first-order valence-electron chi connectivity index (χ1n) is 6.23. The van der Waals surface area contributed by atoms with Crippen LogP contribution in [0.2, 0.25) is 0 Å². The van der Waals surface area contributed by atoms with Crippen molar-refractivity contribution in [2.75, 3.05) is 20.3 Å². The minimum absolute atomic E-state index is 0.00637. The molecule has 0 aromatic heterocycles. The molecule has 0 aromatic rings. The van der Waals surface area contributed by atoms with Crippen molar-refractivity contribution in [3.8, 4) is 0 Å². The number of aliphatic hydroxyl groups excluding tert-OH is 1. The molecular weight excluding hydrogens is 204 g/mol. The van der Waals surface area contributed by atoms with Gasteiger partial charge in [-0.25, -0.2) is 0 Å². The van der Waals surface area contributed by atoms with E-state index >= 15 is 0 Å². The van der Waals surface area contributed by atoms with Crippen molar-refractivity contribution in [2.45, 2.75) is 52.2 Å². The van der Waals surface area contributed by atoms with Crippen molar-refractivity contribution in [3.63, 3.8) is 0 Å². The summed E-state index contributed by atoms with van der Waals surface area (Å²) in [5, 5.41) is 9.89. The lowest BCUT2D eigenvalue weighted by Gasteiger charge is -2.39. The molecule has 0 heterocycles. The van der Waals surface area contributed by atoms with Gasteiger partial charge in [0.1, 0.15) is 0 Å². The Labute approximate surface area is 99.1 Å². The first kappa shape index (κ1) is 13.9.